The number of carbonyl (C=O) groups is 1. The van der Waals surface area contributed by atoms with Crippen LogP contribution in [0, 0.1) is 12.7 Å². The molecule has 88 valence electrons. The van der Waals surface area contributed by atoms with Gasteiger partial charge in [0.15, 0.2) is 0 Å². The molecule has 0 aliphatic rings. The molecule has 1 N–H and O–H groups in total. The van der Waals surface area contributed by atoms with Crippen molar-refractivity contribution >= 4 is 17.7 Å². The third kappa shape index (κ3) is 2.14. The van der Waals surface area contributed by atoms with Gasteiger partial charge in [0.2, 0.25) is 0 Å². The number of hydrogen-bond acceptors (Lipinski definition) is 2. The van der Waals surface area contributed by atoms with Crippen molar-refractivity contribution in [1.82, 2.24) is 9.78 Å². The van der Waals surface area contributed by atoms with E-state index in [0.717, 1.165) is 4.68 Å². The van der Waals surface area contributed by atoms with E-state index in [0.29, 0.717) is 17.0 Å². The quantitative estimate of drug-likeness (QED) is 0.850. The maximum atomic E-state index is 13.0. The van der Waals surface area contributed by atoms with Crippen molar-refractivity contribution in [3.05, 3.63) is 40.8 Å². The molecule has 2 aromatic rings. The SMILES string of the molecule is Cc1cc(-c2ccc(F)c(Cl)c2)nn1C(=O)O. The zero-order chi connectivity index (χ0) is 12.6. The predicted molar refractivity (Wildman–Crippen MR) is 60.8 cm³/mol. The van der Waals surface area contributed by atoms with Crippen molar-refractivity contribution in [1.29, 1.82) is 0 Å². The second-order valence-corrected chi connectivity index (χ2v) is 3.90. The number of carboxylic acid groups (broad SMARTS) is 1. The van der Waals surface area contributed by atoms with E-state index in [1.165, 1.54) is 18.2 Å². The number of aryl methyl sites for hydroxylation is 1. The molecule has 1 heterocycles. The number of nitrogens with zero attached hydrogens (tertiary/aromatic N) is 2. The Balaban J connectivity index is 2.50. The van der Waals surface area contributed by atoms with Gasteiger partial charge in [0, 0.05) is 11.3 Å². The fraction of sp³-hybridized carbons (Fsp3) is 0.0909. The average Bonchev–Trinajstić information content (AvgIpc) is 2.64. The smallest absolute Gasteiger partial charge is 0.432 e. The first-order valence-corrected chi connectivity index (χ1v) is 5.12. The maximum Gasteiger partial charge on any atom is 0.432 e. The topological polar surface area (TPSA) is 55.1 Å². The zero-order valence-corrected chi connectivity index (χ0v) is 9.57. The summed E-state index contributed by atoms with van der Waals surface area (Å²) in [4.78, 5) is 10.8. The first-order chi connectivity index (χ1) is 7.99. The van der Waals surface area contributed by atoms with E-state index in [1.807, 2.05) is 0 Å². The monoisotopic (exact) mass is 254 g/mol. The molecular weight excluding hydrogens is 247 g/mol. The zero-order valence-electron chi connectivity index (χ0n) is 8.82. The lowest BCUT2D eigenvalue weighted by Gasteiger charge is -1.98. The summed E-state index contributed by atoms with van der Waals surface area (Å²) >= 11 is 5.65. The van der Waals surface area contributed by atoms with Gasteiger partial charge in [-0.15, -0.1) is 0 Å². The average molecular weight is 255 g/mol. The van der Waals surface area contributed by atoms with E-state index in [9.17, 15) is 9.18 Å². The van der Waals surface area contributed by atoms with Crippen LogP contribution < -0.4 is 0 Å². The Hall–Kier alpha value is -1.88. The number of rotatable bonds is 1. The van der Waals surface area contributed by atoms with Gasteiger partial charge >= 0.3 is 6.09 Å². The Kier molecular flexibility index (Phi) is 2.85. The molecule has 1 aromatic carbocycles. The molecule has 17 heavy (non-hydrogen) atoms. The van der Waals surface area contributed by atoms with Crippen LogP contribution in [0.5, 0.6) is 0 Å². The summed E-state index contributed by atoms with van der Waals surface area (Å²) in [5.41, 5.74) is 1.49. The largest absolute Gasteiger partial charge is 0.463 e. The summed E-state index contributed by atoms with van der Waals surface area (Å²) in [7, 11) is 0. The van der Waals surface area contributed by atoms with Crippen LogP contribution >= 0.6 is 11.6 Å². The van der Waals surface area contributed by atoms with Gasteiger partial charge in [-0.2, -0.15) is 9.78 Å². The highest BCUT2D eigenvalue weighted by atomic mass is 35.5. The lowest BCUT2D eigenvalue weighted by molar-refractivity contribution is 0.192. The second kappa shape index (κ2) is 4.18. The van der Waals surface area contributed by atoms with Gasteiger partial charge in [0.05, 0.1) is 10.7 Å². The Morgan fingerprint density at radius 2 is 2.18 bits per heavy atom. The van der Waals surface area contributed by atoms with Crippen molar-refractivity contribution in [2.75, 3.05) is 0 Å². The van der Waals surface area contributed by atoms with Gasteiger partial charge in [-0.25, -0.2) is 9.18 Å². The third-order valence-electron chi connectivity index (χ3n) is 2.28. The summed E-state index contributed by atoms with van der Waals surface area (Å²) in [5.74, 6) is -0.523. The highest BCUT2D eigenvalue weighted by molar-refractivity contribution is 6.31. The minimum Gasteiger partial charge on any atom is -0.463 e. The standard InChI is InChI=1S/C11H8ClFN2O2/c1-6-4-10(14-15(6)11(16)17)7-2-3-9(13)8(12)5-7/h2-5H,1H3,(H,16,17). The molecule has 0 aliphatic heterocycles. The van der Waals surface area contributed by atoms with Gasteiger partial charge in [-0.3, -0.25) is 0 Å². The number of halogens is 2. The van der Waals surface area contributed by atoms with Gasteiger partial charge in [0.25, 0.3) is 0 Å². The van der Waals surface area contributed by atoms with E-state index in [4.69, 9.17) is 16.7 Å². The molecule has 0 amide bonds. The fourth-order valence-electron chi connectivity index (χ4n) is 1.46. The first-order valence-electron chi connectivity index (χ1n) is 4.74. The third-order valence-corrected chi connectivity index (χ3v) is 2.57. The summed E-state index contributed by atoms with van der Waals surface area (Å²) in [6.45, 7) is 1.62. The van der Waals surface area contributed by atoms with Crippen LogP contribution in [-0.4, -0.2) is 21.0 Å². The van der Waals surface area contributed by atoms with Crippen molar-refractivity contribution < 1.29 is 14.3 Å². The van der Waals surface area contributed by atoms with Crippen molar-refractivity contribution in [2.24, 2.45) is 0 Å². The van der Waals surface area contributed by atoms with Crippen LogP contribution in [0.1, 0.15) is 5.69 Å². The highest BCUT2D eigenvalue weighted by Gasteiger charge is 2.12. The normalized spacial score (nSPS) is 10.5. The fourth-order valence-corrected chi connectivity index (χ4v) is 1.65. The maximum absolute atomic E-state index is 13.0. The molecule has 0 fully saturated rings. The van der Waals surface area contributed by atoms with E-state index < -0.39 is 11.9 Å². The molecule has 0 saturated carbocycles. The van der Waals surface area contributed by atoms with E-state index >= 15 is 0 Å². The number of benzene rings is 1. The van der Waals surface area contributed by atoms with Crippen LogP contribution in [0.25, 0.3) is 11.3 Å². The molecule has 0 unspecified atom stereocenters. The molecule has 0 radical (unpaired) electrons. The van der Waals surface area contributed by atoms with Crippen LogP contribution in [0.2, 0.25) is 5.02 Å². The van der Waals surface area contributed by atoms with Crippen molar-refractivity contribution in [2.45, 2.75) is 6.92 Å². The molecule has 4 nitrogen and oxygen atoms in total. The molecule has 0 bridgehead atoms. The molecule has 2 rings (SSSR count). The van der Waals surface area contributed by atoms with Crippen LogP contribution in [-0.2, 0) is 0 Å². The van der Waals surface area contributed by atoms with Crippen molar-refractivity contribution in [3.8, 4) is 11.3 Å². The molecule has 0 saturated heterocycles. The summed E-state index contributed by atoms with van der Waals surface area (Å²) in [6, 6.07) is 5.71. The minimum atomic E-state index is -1.16. The summed E-state index contributed by atoms with van der Waals surface area (Å²) in [5, 5.41) is 12.7. The molecular formula is C11H8ClFN2O2. The summed E-state index contributed by atoms with van der Waals surface area (Å²) in [6.07, 6.45) is -1.16. The Morgan fingerprint density at radius 3 is 2.71 bits per heavy atom. The van der Waals surface area contributed by atoms with Gasteiger partial charge in [0.1, 0.15) is 5.82 Å². The lowest BCUT2D eigenvalue weighted by Crippen LogP contribution is -2.11. The molecule has 1 aromatic heterocycles. The Labute approximate surface area is 101 Å². The van der Waals surface area contributed by atoms with Gasteiger partial charge in [-0.05, 0) is 31.2 Å². The Morgan fingerprint density at radius 1 is 1.47 bits per heavy atom. The molecule has 0 atom stereocenters. The molecule has 0 aliphatic carbocycles. The Bertz CT molecular complexity index is 595. The van der Waals surface area contributed by atoms with E-state index in [-0.39, 0.29) is 5.02 Å². The second-order valence-electron chi connectivity index (χ2n) is 3.49. The number of aromatic nitrogens is 2. The van der Waals surface area contributed by atoms with Crippen LogP contribution in [0.3, 0.4) is 0 Å². The number of hydrogen-bond donors (Lipinski definition) is 1. The minimum absolute atomic E-state index is 0.0231. The summed E-state index contributed by atoms with van der Waals surface area (Å²) < 4.78 is 13.8. The van der Waals surface area contributed by atoms with Crippen LogP contribution in [0.15, 0.2) is 24.3 Å². The van der Waals surface area contributed by atoms with Gasteiger partial charge in [-0.1, -0.05) is 11.6 Å². The van der Waals surface area contributed by atoms with Gasteiger partial charge < -0.3 is 5.11 Å². The van der Waals surface area contributed by atoms with E-state index in [1.54, 1.807) is 13.0 Å². The van der Waals surface area contributed by atoms with E-state index in [2.05, 4.69) is 5.10 Å². The predicted octanol–water partition coefficient (Wildman–Crippen LogP) is 3.18. The molecule has 0 spiro atoms. The van der Waals surface area contributed by atoms with Crippen molar-refractivity contribution in [3.63, 3.8) is 0 Å². The molecule has 6 heteroatoms. The van der Waals surface area contributed by atoms with Crippen LogP contribution in [0.4, 0.5) is 9.18 Å². The lowest BCUT2D eigenvalue weighted by atomic mass is 10.1. The highest BCUT2D eigenvalue weighted by Crippen LogP contribution is 2.24. The first kappa shape index (κ1) is 11.6.